The van der Waals surface area contributed by atoms with Gasteiger partial charge in [-0.15, -0.1) is 0 Å². The fourth-order valence-electron chi connectivity index (χ4n) is 2.87. The van der Waals surface area contributed by atoms with Crippen molar-refractivity contribution in [1.82, 2.24) is 14.9 Å². The molecule has 1 amide bonds. The lowest BCUT2D eigenvalue weighted by molar-refractivity contribution is -0.117. The number of carbonyl (C=O) groups is 1. The van der Waals surface area contributed by atoms with Gasteiger partial charge in [-0.3, -0.25) is 14.5 Å². The van der Waals surface area contributed by atoms with E-state index in [1.165, 1.54) is 7.11 Å². The highest BCUT2D eigenvalue weighted by molar-refractivity contribution is 5.94. The third-order valence-electron chi connectivity index (χ3n) is 4.18. The van der Waals surface area contributed by atoms with Gasteiger partial charge in [-0.1, -0.05) is 12.1 Å². The first-order valence-electron chi connectivity index (χ1n) is 8.68. The zero-order valence-corrected chi connectivity index (χ0v) is 16.0. The van der Waals surface area contributed by atoms with E-state index in [0.717, 1.165) is 0 Å². The van der Waals surface area contributed by atoms with E-state index in [9.17, 15) is 9.59 Å². The maximum absolute atomic E-state index is 12.4. The van der Waals surface area contributed by atoms with Crippen LogP contribution in [0.5, 0.6) is 11.5 Å². The van der Waals surface area contributed by atoms with Crippen molar-refractivity contribution in [3.05, 3.63) is 58.6 Å². The lowest BCUT2D eigenvalue weighted by atomic mass is 10.2. The molecule has 1 aromatic heterocycles. The van der Waals surface area contributed by atoms with Gasteiger partial charge in [0.2, 0.25) is 5.91 Å². The highest BCUT2D eigenvalue weighted by Crippen LogP contribution is 2.28. The summed E-state index contributed by atoms with van der Waals surface area (Å²) >= 11 is 0. The molecule has 1 heterocycles. The molecule has 28 heavy (non-hydrogen) atoms. The molecule has 2 aromatic carbocycles. The summed E-state index contributed by atoms with van der Waals surface area (Å²) in [6.07, 6.45) is 0. The van der Waals surface area contributed by atoms with E-state index in [0.29, 0.717) is 40.5 Å². The standard InChI is InChI=1S/C20H22N4O4/c1-24(11-18-21-15-7-5-4-6-14(15)20(26)23-18)12-19(25)22-16-10-13(27-2)8-9-17(16)28-3/h4-10H,11-12H2,1-3H3,(H,22,25)(H,21,23,26). The average Bonchev–Trinajstić information content (AvgIpc) is 2.67. The summed E-state index contributed by atoms with van der Waals surface area (Å²) in [6, 6.07) is 12.3. The van der Waals surface area contributed by atoms with Crippen LogP contribution < -0.4 is 20.3 Å². The summed E-state index contributed by atoms with van der Waals surface area (Å²) < 4.78 is 10.4. The number of benzene rings is 2. The van der Waals surface area contributed by atoms with Crippen LogP contribution in [-0.2, 0) is 11.3 Å². The van der Waals surface area contributed by atoms with E-state index >= 15 is 0 Å². The number of anilines is 1. The topological polar surface area (TPSA) is 96.6 Å². The van der Waals surface area contributed by atoms with Crippen LogP contribution >= 0.6 is 0 Å². The van der Waals surface area contributed by atoms with Crippen LogP contribution in [0, 0.1) is 0 Å². The van der Waals surface area contributed by atoms with Gasteiger partial charge in [0.25, 0.3) is 5.56 Å². The molecule has 0 spiro atoms. The Labute approximate surface area is 162 Å². The third kappa shape index (κ3) is 4.47. The number of ether oxygens (including phenoxy) is 2. The number of H-pyrrole nitrogens is 1. The van der Waals surface area contributed by atoms with E-state index < -0.39 is 0 Å². The number of nitrogens with zero attached hydrogens (tertiary/aromatic N) is 2. The Morgan fingerprint density at radius 2 is 1.96 bits per heavy atom. The number of carbonyl (C=O) groups excluding carboxylic acids is 1. The van der Waals surface area contributed by atoms with Gasteiger partial charge in [-0.2, -0.15) is 0 Å². The van der Waals surface area contributed by atoms with Gasteiger partial charge in [0, 0.05) is 6.07 Å². The van der Waals surface area contributed by atoms with Crippen molar-refractivity contribution in [2.24, 2.45) is 0 Å². The van der Waals surface area contributed by atoms with Crippen molar-refractivity contribution < 1.29 is 14.3 Å². The molecule has 0 saturated heterocycles. The second-order valence-electron chi connectivity index (χ2n) is 6.32. The first-order chi connectivity index (χ1) is 13.5. The zero-order valence-electron chi connectivity index (χ0n) is 16.0. The maximum atomic E-state index is 12.4. The average molecular weight is 382 g/mol. The number of hydrogen-bond donors (Lipinski definition) is 2. The largest absolute Gasteiger partial charge is 0.497 e. The third-order valence-corrected chi connectivity index (χ3v) is 4.18. The Kier molecular flexibility index (Phi) is 5.90. The molecule has 0 aliphatic carbocycles. The Morgan fingerprint density at radius 3 is 2.71 bits per heavy atom. The van der Waals surface area contributed by atoms with Crippen LogP contribution in [-0.4, -0.2) is 48.6 Å². The molecule has 0 saturated carbocycles. The molecule has 0 atom stereocenters. The van der Waals surface area contributed by atoms with Gasteiger partial charge in [-0.25, -0.2) is 4.98 Å². The van der Waals surface area contributed by atoms with Crippen molar-refractivity contribution in [1.29, 1.82) is 0 Å². The van der Waals surface area contributed by atoms with Crippen LogP contribution in [0.2, 0.25) is 0 Å². The summed E-state index contributed by atoms with van der Waals surface area (Å²) in [5.41, 5.74) is 0.956. The summed E-state index contributed by atoms with van der Waals surface area (Å²) in [4.78, 5) is 33.5. The molecule has 0 aliphatic heterocycles. The summed E-state index contributed by atoms with van der Waals surface area (Å²) in [5.74, 6) is 1.43. The Bertz CT molecular complexity index is 1050. The van der Waals surface area contributed by atoms with Crippen LogP contribution in [0.1, 0.15) is 5.82 Å². The van der Waals surface area contributed by atoms with Crippen molar-refractivity contribution in [3.8, 4) is 11.5 Å². The van der Waals surface area contributed by atoms with Gasteiger partial charge < -0.3 is 19.8 Å². The minimum atomic E-state index is -0.225. The maximum Gasteiger partial charge on any atom is 0.258 e. The van der Waals surface area contributed by atoms with Gasteiger partial charge in [0.05, 0.1) is 43.9 Å². The number of hydrogen-bond acceptors (Lipinski definition) is 6. The van der Waals surface area contributed by atoms with E-state index in [1.807, 2.05) is 6.07 Å². The normalized spacial score (nSPS) is 10.9. The van der Waals surface area contributed by atoms with Gasteiger partial charge in [-0.05, 0) is 31.3 Å². The molecule has 2 N–H and O–H groups in total. The minimum absolute atomic E-state index is 0.108. The first-order valence-corrected chi connectivity index (χ1v) is 8.68. The number of fused-ring (bicyclic) bond motifs is 1. The predicted molar refractivity (Wildman–Crippen MR) is 107 cm³/mol. The second kappa shape index (κ2) is 8.53. The van der Waals surface area contributed by atoms with Crippen LogP contribution in [0.4, 0.5) is 5.69 Å². The second-order valence-corrected chi connectivity index (χ2v) is 6.32. The molecule has 3 rings (SSSR count). The number of likely N-dealkylation sites (N-methyl/N-ethyl adjacent to an activating group) is 1. The fourth-order valence-corrected chi connectivity index (χ4v) is 2.87. The molecule has 146 valence electrons. The number of aromatic amines is 1. The lowest BCUT2D eigenvalue weighted by Gasteiger charge is -2.17. The Hall–Kier alpha value is -3.39. The van der Waals surface area contributed by atoms with Crippen molar-refractivity contribution in [3.63, 3.8) is 0 Å². The minimum Gasteiger partial charge on any atom is -0.497 e. The molecule has 0 aliphatic rings. The molecule has 3 aromatic rings. The molecule has 8 heteroatoms. The van der Waals surface area contributed by atoms with Crippen molar-refractivity contribution in [2.45, 2.75) is 6.54 Å². The Morgan fingerprint density at radius 1 is 1.18 bits per heavy atom. The Balaban J connectivity index is 1.67. The number of amides is 1. The van der Waals surface area contributed by atoms with Crippen molar-refractivity contribution in [2.75, 3.05) is 33.1 Å². The van der Waals surface area contributed by atoms with Crippen LogP contribution in [0.3, 0.4) is 0 Å². The van der Waals surface area contributed by atoms with E-state index in [4.69, 9.17) is 9.47 Å². The fraction of sp³-hybridized carbons (Fsp3) is 0.250. The first kappa shape index (κ1) is 19.4. The number of rotatable bonds is 7. The molecule has 8 nitrogen and oxygen atoms in total. The number of para-hydroxylation sites is 1. The smallest absolute Gasteiger partial charge is 0.258 e. The van der Waals surface area contributed by atoms with E-state index in [2.05, 4.69) is 15.3 Å². The van der Waals surface area contributed by atoms with Gasteiger partial charge in [0.15, 0.2) is 0 Å². The van der Waals surface area contributed by atoms with E-state index in [-0.39, 0.29) is 18.0 Å². The number of methoxy groups -OCH3 is 2. The molecule has 0 bridgehead atoms. The highest BCUT2D eigenvalue weighted by Gasteiger charge is 2.13. The summed E-state index contributed by atoms with van der Waals surface area (Å²) in [7, 11) is 4.86. The molecular weight excluding hydrogens is 360 g/mol. The zero-order chi connectivity index (χ0) is 20.1. The molecule has 0 radical (unpaired) electrons. The van der Waals surface area contributed by atoms with Crippen LogP contribution in [0.15, 0.2) is 47.3 Å². The molecule has 0 unspecified atom stereocenters. The number of nitrogens with one attached hydrogen (secondary N) is 2. The van der Waals surface area contributed by atoms with Crippen molar-refractivity contribution >= 4 is 22.5 Å². The summed E-state index contributed by atoms with van der Waals surface area (Å²) in [5, 5.41) is 3.35. The monoisotopic (exact) mass is 382 g/mol. The summed E-state index contributed by atoms with van der Waals surface area (Å²) in [6.45, 7) is 0.430. The van der Waals surface area contributed by atoms with Crippen LogP contribution in [0.25, 0.3) is 10.9 Å². The molecular formula is C20H22N4O4. The highest BCUT2D eigenvalue weighted by atomic mass is 16.5. The SMILES string of the molecule is COc1ccc(OC)c(NC(=O)CN(C)Cc2nc3ccccc3c(=O)[nH]2)c1. The van der Waals surface area contributed by atoms with Gasteiger partial charge >= 0.3 is 0 Å². The quantitative estimate of drug-likeness (QED) is 0.649. The molecule has 0 fully saturated rings. The van der Waals surface area contributed by atoms with E-state index in [1.54, 1.807) is 55.5 Å². The lowest BCUT2D eigenvalue weighted by Crippen LogP contribution is -2.31. The number of aromatic nitrogens is 2. The predicted octanol–water partition coefficient (Wildman–Crippen LogP) is 2.01. The van der Waals surface area contributed by atoms with Gasteiger partial charge in [0.1, 0.15) is 17.3 Å².